The van der Waals surface area contributed by atoms with Crippen LogP contribution in [0.3, 0.4) is 0 Å². The van der Waals surface area contributed by atoms with E-state index in [1.165, 1.54) is 6.61 Å². The van der Waals surface area contributed by atoms with Crippen molar-refractivity contribution in [3.05, 3.63) is 13.2 Å². The second kappa shape index (κ2) is 7.60. The van der Waals surface area contributed by atoms with Gasteiger partial charge >= 0.3 is 0 Å². The Morgan fingerprint density at radius 2 is 2.00 bits per heavy atom. The van der Waals surface area contributed by atoms with E-state index in [2.05, 4.69) is 0 Å². The maximum absolute atomic E-state index is 9.99. The van der Waals surface area contributed by atoms with E-state index in [9.17, 15) is 5.11 Å². The third-order valence-corrected chi connectivity index (χ3v) is 4.26. The first kappa shape index (κ1) is 18.6. The first-order valence-corrected chi connectivity index (χ1v) is 6.61. The van der Waals surface area contributed by atoms with Crippen LogP contribution in [0.15, 0.2) is 0 Å². The number of hydrogen-bond acceptors (Lipinski definition) is 7. The molecule has 1 N–H and O–H groups in total. The van der Waals surface area contributed by atoms with Crippen molar-refractivity contribution in [2.45, 2.75) is 42.5 Å². The van der Waals surface area contributed by atoms with Crippen molar-refractivity contribution in [3.8, 4) is 0 Å². The van der Waals surface area contributed by atoms with Gasteiger partial charge in [-0.05, 0) is 19.1 Å². The normalized spacial score (nSPS) is 48.9. The molecule has 0 aromatic rings. The van der Waals surface area contributed by atoms with Crippen LogP contribution in [0.1, 0.15) is 8.27 Å². The molecule has 4 saturated heterocycles. The van der Waals surface area contributed by atoms with E-state index in [1.807, 2.05) is 0 Å². The Morgan fingerprint density at radius 3 is 2.55 bits per heavy atom. The monoisotopic (exact) mass is 763 g/mol. The van der Waals surface area contributed by atoms with Crippen LogP contribution < -0.4 is 0 Å². The molecule has 0 aromatic carbocycles. The topological polar surface area (TPSA) is 75.6 Å². The SMILES string of the molecule is [2H]C[C@@]12CO[C@@H]([CH-]O1)[C@@H]2OCOC[C@@]12CO[C@@H]([CH-]O1)[C@@H]2O.[U].[U]. The predicted molar refractivity (Wildman–Crippen MR) is 63.1 cm³/mol. The summed E-state index contributed by atoms with van der Waals surface area (Å²) in [6.07, 6.45) is -1.66. The Hall–Kier alpha value is 1.82. The molecule has 0 aromatic heterocycles. The van der Waals surface area contributed by atoms with E-state index in [0.717, 1.165) is 0 Å². The fraction of sp³-hybridized carbons (Fsp3) is 0.846. The third kappa shape index (κ3) is 3.27. The summed E-state index contributed by atoms with van der Waals surface area (Å²) in [7, 11) is 0. The van der Waals surface area contributed by atoms with E-state index >= 15 is 0 Å². The average molecular weight is 763 g/mol. The number of aliphatic hydroxyl groups excluding tert-OH is 1. The van der Waals surface area contributed by atoms with Gasteiger partial charge in [0.2, 0.25) is 0 Å². The molecule has 0 saturated carbocycles. The molecule has 4 bridgehead atoms. The number of aliphatic hydroxyl groups is 1. The number of rotatable bonds is 5. The standard InChI is InChI=1S/C13H18O7.2U/c1-12-4-16-9(3-19-12)11(12)18-7-15-5-13-6-17-8(2-20-13)10(13)14;;/h2-3,8-11,14H,4-7H2,1H3;;/q-2;;/t8-,9-,10-,11-,12-,13-;;/m0../s1/i1D;;. The van der Waals surface area contributed by atoms with Gasteiger partial charge < -0.3 is 33.5 Å². The second-order valence-electron chi connectivity index (χ2n) is 5.69. The van der Waals surface area contributed by atoms with Gasteiger partial charge in [-0.1, -0.05) is 0 Å². The van der Waals surface area contributed by atoms with Gasteiger partial charge in [-0.25, -0.2) is 0 Å². The number of ether oxygens (including phenoxy) is 6. The van der Waals surface area contributed by atoms with Crippen molar-refractivity contribution in [2.75, 3.05) is 26.6 Å². The van der Waals surface area contributed by atoms with Crippen molar-refractivity contribution in [2.24, 2.45) is 0 Å². The molecule has 4 heterocycles. The zero-order chi connectivity index (χ0) is 14.5. The molecule has 22 heavy (non-hydrogen) atoms. The molecule has 7 nitrogen and oxygen atoms in total. The van der Waals surface area contributed by atoms with Crippen LogP contribution in [0.25, 0.3) is 0 Å². The van der Waals surface area contributed by atoms with Crippen molar-refractivity contribution in [1.29, 1.82) is 0 Å². The molecule has 0 radical (unpaired) electrons. The molecule has 4 aliphatic heterocycles. The van der Waals surface area contributed by atoms with Gasteiger partial charge in [0.1, 0.15) is 12.4 Å². The molecule has 0 aliphatic carbocycles. The van der Waals surface area contributed by atoms with Gasteiger partial charge in [0.05, 0.1) is 37.6 Å². The molecule has 0 spiro atoms. The Kier molecular flexibility index (Phi) is 6.43. The van der Waals surface area contributed by atoms with Gasteiger partial charge in [-0.2, -0.15) is 13.2 Å². The smallest absolute Gasteiger partial charge is 0.147 e. The van der Waals surface area contributed by atoms with Gasteiger partial charge in [0.25, 0.3) is 0 Å². The Morgan fingerprint density at radius 1 is 1.23 bits per heavy atom. The van der Waals surface area contributed by atoms with Crippen molar-refractivity contribution < 1.29 is 97.1 Å². The molecule has 0 unspecified atom stereocenters. The molecular formula is C13H18O7U2-2. The van der Waals surface area contributed by atoms with Crippen LogP contribution in [0.2, 0.25) is 0 Å². The number of fused-ring (bicyclic) bond motifs is 4. The van der Waals surface area contributed by atoms with E-state index in [1.54, 1.807) is 6.61 Å². The van der Waals surface area contributed by atoms with E-state index < -0.39 is 17.3 Å². The summed E-state index contributed by atoms with van der Waals surface area (Å²) >= 11 is 0. The molecule has 4 rings (SSSR count). The molecule has 9 heteroatoms. The van der Waals surface area contributed by atoms with E-state index in [0.29, 0.717) is 13.2 Å². The number of hydrogen-bond donors (Lipinski definition) is 1. The minimum absolute atomic E-state index is 0. The molecule has 4 fully saturated rings. The molecule has 4 aliphatic rings. The van der Waals surface area contributed by atoms with Crippen LogP contribution in [-0.4, -0.2) is 67.3 Å². The Labute approximate surface area is 178 Å². The fourth-order valence-electron chi connectivity index (χ4n) is 3.00. The Balaban J connectivity index is 0.000000960. The summed E-state index contributed by atoms with van der Waals surface area (Å²) in [6.45, 7) is 4.01. The van der Waals surface area contributed by atoms with Gasteiger partial charge in [-0.15, -0.1) is 0 Å². The maximum atomic E-state index is 9.99. The summed E-state index contributed by atoms with van der Waals surface area (Å²) in [4.78, 5) is 0. The van der Waals surface area contributed by atoms with Gasteiger partial charge in [-0.3, -0.25) is 0 Å². The largest absolute Gasteiger partial charge is 0.542 e. The Bertz CT molecular complexity index is 400. The quantitative estimate of drug-likeness (QED) is 0.228. The van der Waals surface area contributed by atoms with Crippen LogP contribution >= 0.6 is 0 Å². The second-order valence-corrected chi connectivity index (χ2v) is 5.69. The van der Waals surface area contributed by atoms with Crippen LogP contribution in [0.4, 0.5) is 0 Å². The average Bonchev–Trinajstić information content (AvgIpc) is 3.23. The summed E-state index contributed by atoms with van der Waals surface area (Å²) in [5.41, 5.74) is -1.54. The van der Waals surface area contributed by atoms with Crippen LogP contribution in [0.5, 0.6) is 0 Å². The summed E-state index contributed by atoms with van der Waals surface area (Å²) in [5.74, 6) is 0. The summed E-state index contributed by atoms with van der Waals surface area (Å²) in [6, 6.07) is 0. The van der Waals surface area contributed by atoms with Crippen molar-refractivity contribution in [1.82, 2.24) is 0 Å². The van der Waals surface area contributed by atoms with Crippen LogP contribution in [-0.2, 0) is 28.4 Å². The van der Waals surface area contributed by atoms with Crippen molar-refractivity contribution in [3.63, 3.8) is 0 Å². The fourth-order valence-corrected chi connectivity index (χ4v) is 3.00. The molecule has 122 valence electrons. The van der Waals surface area contributed by atoms with Crippen molar-refractivity contribution >= 4 is 0 Å². The van der Waals surface area contributed by atoms with E-state index in [-0.39, 0.29) is 101 Å². The summed E-state index contributed by atoms with van der Waals surface area (Å²) in [5, 5.41) is 9.99. The minimum atomic E-state index is -0.824. The molecular weight excluding hydrogens is 744 g/mol. The predicted octanol–water partition coefficient (Wildman–Crippen LogP) is -0.614. The molecule has 6 atom stereocenters. The first-order chi connectivity index (χ1) is 10.2. The zero-order valence-electron chi connectivity index (χ0n) is 12.9. The first-order valence-electron chi connectivity index (χ1n) is 7.32. The van der Waals surface area contributed by atoms with Gasteiger partial charge in [0, 0.05) is 63.6 Å². The maximum Gasteiger partial charge on any atom is 0.147 e. The van der Waals surface area contributed by atoms with Crippen LogP contribution in [0, 0.1) is 75.4 Å². The minimum Gasteiger partial charge on any atom is -0.542 e. The molecule has 0 amide bonds. The summed E-state index contributed by atoms with van der Waals surface area (Å²) < 4.78 is 40.5. The third-order valence-electron chi connectivity index (χ3n) is 4.26. The van der Waals surface area contributed by atoms with Gasteiger partial charge in [0.15, 0.2) is 0 Å². The van der Waals surface area contributed by atoms with E-state index in [4.69, 9.17) is 29.8 Å². The zero-order valence-corrected chi connectivity index (χ0v) is 20.2.